The van der Waals surface area contributed by atoms with Crippen LogP contribution in [-0.2, 0) is 0 Å². The zero-order valence-corrected chi connectivity index (χ0v) is 9.68. The van der Waals surface area contributed by atoms with Crippen LogP contribution in [0.1, 0.15) is 23.7 Å². The van der Waals surface area contributed by atoms with Crippen LogP contribution in [-0.4, -0.2) is 10.7 Å². The SMILES string of the molecule is Fc1ccccc1C1CC(c2ccccn2)=NN1. The van der Waals surface area contributed by atoms with Gasteiger partial charge in [-0.25, -0.2) is 4.39 Å². The fourth-order valence-corrected chi connectivity index (χ4v) is 2.07. The fraction of sp³-hybridized carbons (Fsp3) is 0.143. The standard InChI is InChI=1S/C14H12FN3/c15-11-6-2-1-5-10(11)13-9-14(18-17-13)12-7-3-4-8-16-12/h1-8,13,17H,9H2. The second-order valence-corrected chi connectivity index (χ2v) is 4.18. The van der Waals surface area contributed by atoms with Crippen LogP contribution in [0.2, 0.25) is 0 Å². The highest BCUT2D eigenvalue weighted by molar-refractivity contribution is 6.00. The zero-order chi connectivity index (χ0) is 12.4. The molecule has 3 nitrogen and oxygen atoms in total. The van der Waals surface area contributed by atoms with Crippen molar-refractivity contribution in [3.63, 3.8) is 0 Å². The van der Waals surface area contributed by atoms with Gasteiger partial charge >= 0.3 is 0 Å². The number of hydrazone groups is 1. The van der Waals surface area contributed by atoms with Crippen molar-refractivity contribution in [1.82, 2.24) is 10.4 Å². The summed E-state index contributed by atoms with van der Waals surface area (Å²) in [5, 5.41) is 4.24. The molecule has 90 valence electrons. The molecular weight excluding hydrogens is 229 g/mol. The minimum atomic E-state index is -0.201. The fourth-order valence-electron chi connectivity index (χ4n) is 2.07. The van der Waals surface area contributed by atoms with Gasteiger partial charge in [-0.3, -0.25) is 4.98 Å². The minimum Gasteiger partial charge on any atom is -0.302 e. The minimum absolute atomic E-state index is 0.108. The van der Waals surface area contributed by atoms with E-state index < -0.39 is 0 Å². The maximum absolute atomic E-state index is 13.7. The van der Waals surface area contributed by atoms with Crippen molar-refractivity contribution >= 4 is 5.71 Å². The molecule has 0 spiro atoms. The Morgan fingerprint density at radius 1 is 1.11 bits per heavy atom. The highest BCUT2D eigenvalue weighted by Crippen LogP contribution is 2.25. The lowest BCUT2D eigenvalue weighted by atomic mass is 10.0. The van der Waals surface area contributed by atoms with E-state index in [2.05, 4.69) is 15.5 Å². The van der Waals surface area contributed by atoms with E-state index in [1.165, 1.54) is 6.07 Å². The quantitative estimate of drug-likeness (QED) is 0.877. The van der Waals surface area contributed by atoms with Crippen molar-refractivity contribution in [3.05, 3.63) is 65.7 Å². The summed E-state index contributed by atoms with van der Waals surface area (Å²) in [6, 6.07) is 12.3. The number of nitrogens with zero attached hydrogens (tertiary/aromatic N) is 2. The van der Waals surface area contributed by atoms with E-state index in [-0.39, 0.29) is 11.9 Å². The topological polar surface area (TPSA) is 37.3 Å². The average Bonchev–Trinajstić information content (AvgIpc) is 2.90. The molecule has 2 aromatic rings. The molecular formula is C14H12FN3. The number of hydrogen-bond acceptors (Lipinski definition) is 3. The molecule has 0 amide bonds. The third kappa shape index (κ3) is 1.97. The van der Waals surface area contributed by atoms with Crippen LogP contribution in [0.3, 0.4) is 0 Å². The van der Waals surface area contributed by atoms with Crippen LogP contribution >= 0.6 is 0 Å². The molecule has 1 aliphatic rings. The smallest absolute Gasteiger partial charge is 0.128 e. The third-order valence-electron chi connectivity index (χ3n) is 2.99. The summed E-state index contributed by atoms with van der Waals surface area (Å²) in [5.41, 5.74) is 5.32. The Morgan fingerprint density at radius 3 is 2.72 bits per heavy atom. The Hall–Kier alpha value is -2.23. The van der Waals surface area contributed by atoms with Crippen LogP contribution in [0.15, 0.2) is 53.8 Å². The van der Waals surface area contributed by atoms with Crippen LogP contribution < -0.4 is 5.43 Å². The molecule has 0 radical (unpaired) electrons. The van der Waals surface area contributed by atoms with Crippen LogP contribution in [0.4, 0.5) is 4.39 Å². The molecule has 1 aromatic heterocycles. The van der Waals surface area contributed by atoms with Gasteiger partial charge in [0.1, 0.15) is 5.82 Å². The first kappa shape index (κ1) is 10.9. The molecule has 0 bridgehead atoms. The van der Waals surface area contributed by atoms with Gasteiger partial charge in [-0.15, -0.1) is 0 Å². The van der Waals surface area contributed by atoms with E-state index in [0.29, 0.717) is 12.0 Å². The van der Waals surface area contributed by atoms with Gasteiger partial charge in [-0.1, -0.05) is 24.3 Å². The van der Waals surface area contributed by atoms with Crippen molar-refractivity contribution in [2.75, 3.05) is 0 Å². The van der Waals surface area contributed by atoms with E-state index in [9.17, 15) is 4.39 Å². The number of aromatic nitrogens is 1. The van der Waals surface area contributed by atoms with E-state index >= 15 is 0 Å². The van der Waals surface area contributed by atoms with Crippen LogP contribution in [0, 0.1) is 5.82 Å². The first-order chi connectivity index (χ1) is 8.84. The molecule has 0 aliphatic carbocycles. The summed E-state index contributed by atoms with van der Waals surface area (Å²) >= 11 is 0. The summed E-state index contributed by atoms with van der Waals surface area (Å²) in [4.78, 5) is 4.25. The van der Waals surface area contributed by atoms with Gasteiger partial charge in [0.05, 0.1) is 17.4 Å². The highest BCUT2D eigenvalue weighted by Gasteiger charge is 2.23. The predicted octanol–water partition coefficient (Wildman–Crippen LogP) is 2.66. The molecule has 3 rings (SSSR count). The zero-order valence-electron chi connectivity index (χ0n) is 9.68. The monoisotopic (exact) mass is 241 g/mol. The normalized spacial score (nSPS) is 18.3. The molecule has 0 fully saturated rings. The Morgan fingerprint density at radius 2 is 1.94 bits per heavy atom. The molecule has 4 heteroatoms. The number of rotatable bonds is 2. The predicted molar refractivity (Wildman–Crippen MR) is 67.7 cm³/mol. The summed E-state index contributed by atoms with van der Waals surface area (Å²) in [6.07, 6.45) is 2.38. The van der Waals surface area contributed by atoms with Crippen LogP contribution in [0.25, 0.3) is 0 Å². The van der Waals surface area contributed by atoms with Gasteiger partial charge < -0.3 is 5.43 Å². The third-order valence-corrected chi connectivity index (χ3v) is 2.99. The summed E-state index contributed by atoms with van der Waals surface area (Å²) in [5.74, 6) is -0.201. The van der Waals surface area contributed by atoms with Gasteiger partial charge in [-0.05, 0) is 18.2 Å². The summed E-state index contributed by atoms with van der Waals surface area (Å²) < 4.78 is 13.7. The van der Waals surface area contributed by atoms with E-state index in [1.54, 1.807) is 18.3 Å². The van der Waals surface area contributed by atoms with Crippen molar-refractivity contribution in [3.8, 4) is 0 Å². The Balaban J connectivity index is 1.81. The van der Waals surface area contributed by atoms with Crippen molar-refractivity contribution < 1.29 is 4.39 Å². The van der Waals surface area contributed by atoms with Gasteiger partial charge in [0, 0.05) is 18.2 Å². The first-order valence-electron chi connectivity index (χ1n) is 5.82. The maximum Gasteiger partial charge on any atom is 0.128 e. The van der Waals surface area contributed by atoms with Crippen molar-refractivity contribution in [2.45, 2.75) is 12.5 Å². The molecule has 1 N–H and O–H groups in total. The van der Waals surface area contributed by atoms with Gasteiger partial charge in [0.25, 0.3) is 0 Å². The number of pyridine rings is 1. The molecule has 1 atom stereocenters. The first-order valence-corrected chi connectivity index (χ1v) is 5.82. The van der Waals surface area contributed by atoms with E-state index in [0.717, 1.165) is 11.4 Å². The lowest BCUT2D eigenvalue weighted by Gasteiger charge is -2.10. The summed E-state index contributed by atoms with van der Waals surface area (Å²) in [7, 11) is 0. The number of nitrogens with one attached hydrogen (secondary N) is 1. The van der Waals surface area contributed by atoms with E-state index in [1.807, 2.05) is 24.3 Å². The molecule has 18 heavy (non-hydrogen) atoms. The van der Waals surface area contributed by atoms with Gasteiger partial charge in [-0.2, -0.15) is 5.10 Å². The van der Waals surface area contributed by atoms with Crippen molar-refractivity contribution in [1.29, 1.82) is 0 Å². The number of halogens is 1. The van der Waals surface area contributed by atoms with E-state index in [4.69, 9.17) is 0 Å². The van der Waals surface area contributed by atoms with Crippen LogP contribution in [0.5, 0.6) is 0 Å². The Bertz CT molecular complexity index is 581. The van der Waals surface area contributed by atoms with Crippen molar-refractivity contribution in [2.24, 2.45) is 5.10 Å². The maximum atomic E-state index is 13.7. The van der Waals surface area contributed by atoms with Gasteiger partial charge in [0.2, 0.25) is 0 Å². The molecule has 0 saturated heterocycles. The molecule has 1 aromatic carbocycles. The second-order valence-electron chi connectivity index (χ2n) is 4.18. The lowest BCUT2D eigenvalue weighted by Crippen LogP contribution is -2.11. The number of benzene rings is 1. The molecule has 2 heterocycles. The Labute approximate surface area is 104 Å². The largest absolute Gasteiger partial charge is 0.302 e. The second kappa shape index (κ2) is 4.56. The molecule has 1 unspecified atom stereocenters. The average molecular weight is 241 g/mol. The highest BCUT2D eigenvalue weighted by atomic mass is 19.1. The molecule has 0 saturated carbocycles. The lowest BCUT2D eigenvalue weighted by molar-refractivity contribution is 0.549. The number of hydrogen-bond donors (Lipinski definition) is 1. The Kier molecular flexibility index (Phi) is 2.76. The summed E-state index contributed by atoms with van der Waals surface area (Å²) in [6.45, 7) is 0. The molecule has 1 aliphatic heterocycles. The van der Waals surface area contributed by atoms with Gasteiger partial charge in [0.15, 0.2) is 0 Å².